The third-order valence-electron chi connectivity index (χ3n) is 3.08. The van der Waals surface area contributed by atoms with E-state index in [0.717, 1.165) is 11.1 Å². The highest BCUT2D eigenvalue weighted by molar-refractivity contribution is 6.34. The molecule has 2 aromatic carbocycles. The summed E-state index contributed by atoms with van der Waals surface area (Å²) in [5, 5.41) is 13.2. The molecular formula is C16H13ClN2O4. The SMILES string of the molecule is CC(=O)Nc1ccc(-c2ccc(C(=O)C[N+](=O)[O-])c(Cl)c2)cc1. The summed E-state index contributed by atoms with van der Waals surface area (Å²) in [6.45, 7) is 0.638. The second-order valence-electron chi connectivity index (χ2n) is 4.87. The lowest BCUT2D eigenvalue weighted by Gasteiger charge is -2.07. The lowest BCUT2D eigenvalue weighted by atomic mass is 10.0. The Morgan fingerprint density at radius 1 is 1.13 bits per heavy atom. The first-order chi connectivity index (χ1) is 10.9. The Labute approximate surface area is 137 Å². The number of halogens is 1. The fraction of sp³-hybridized carbons (Fsp3) is 0.125. The number of nitrogens with zero attached hydrogens (tertiary/aromatic N) is 1. The third kappa shape index (κ3) is 4.37. The van der Waals surface area contributed by atoms with Crippen LogP contribution in [0.25, 0.3) is 11.1 Å². The van der Waals surface area contributed by atoms with E-state index in [9.17, 15) is 19.7 Å². The van der Waals surface area contributed by atoms with Gasteiger partial charge in [0.15, 0.2) is 0 Å². The maximum Gasteiger partial charge on any atom is 0.265 e. The standard InChI is InChI=1S/C16H13ClN2O4/c1-10(20)18-13-5-2-11(3-6-13)12-4-7-14(15(17)8-12)16(21)9-19(22)23/h2-8H,9H2,1H3,(H,18,20). The van der Waals surface area contributed by atoms with Gasteiger partial charge in [0, 0.05) is 23.1 Å². The molecule has 7 heteroatoms. The van der Waals surface area contributed by atoms with Crippen LogP contribution in [0.3, 0.4) is 0 Å². The van der Waals surface area contributed by atoms with Gasteiger partial charge in [0.2, 0.25) is 11.7 Å². The normalized spacial score (nSPS) is 10.2. The van der Waals surface area contributed by atoms with Crippen molar-refractivity contribution in [2.75, 3.05) is 11.9 Å². The number of anilines is 1. The molecule has 1 amide bonds. The van der Waals surface area contributed by atoms with Gasteiger partial charge in [-0.2, -0.15) is 0 Å². The van der Waals surface area contributed by atoms with Gasteiger partial charge in [0.1, 0.15) is 0 Å². The van der Waals surface area contributed by atoms with Crippen LogP contribution in [0.5, 0.6) is 0 Å². The molecule has 0 unspecified atom stereocenters. The van der Waals surface area contributed by atoms with Gasteiger partial charge in [-0.3, -0.25) is 19.7 Å². The van der Waals surface area contributed by atoms with Crippen molar-refractivity contribution in [3.8, 4) is 11.1 Å². The number of hydrogen-bond donors (Lipinski definition) is 1. The first-order valence-corrected chi connectivity index (χ1v) is 7.07. The second-order valence-corrected chi connectivity index (χ2v) is 5.27. The zero-order chi connectivity index (χ0) is 17.0. The molecule has 0 saturated carbocycles. The van der Waals surface area contributed by atoms with E-state index < -0.39 is 17.3 Å². The topological polar surface area (TPSA) is 89.3 Å². The van der Waals surface area contributed by atoms with Crippen LogP contribution in [-0.4, -0.2) is 23.2 Å². The van der Waals surface area contributed by atoms with Crippen LogP contribution in [0, 0.1) is 10.1 Å². The minimum Gasteiger partial charge on any atom is -0.326 e. The number of Topliss-reactive ketones (excluding diaryl/α,β-unsaturated/α-hetero) is 1. The molecule has 0 atom stereocenters. The molecule has 23 heavy (non-hydrogen) atoms. The van der Waals surface area contributed by atoms with E-state index in [1.54, 1.807) is 36.4 Å². The van der Waals surface area contributed by atoms with Crippen LogP contribution in [0.15, 0.2) is 42.5 Å². The average molecular weight is 333 g/mol. The van der Waals surface area contributed by atoms with E-state index in [4.69, 9.17) is 11.6 Å². The lowest BCUT2D eigenvalue weighted by molar-refractivity contribution is -0.465. The molecule has 0 fully saturated rings. The van der Waals surface area contributed by atoms with E-state index in [-0.39, 0.29) is 16.5 Å². The van der Waals surface area contributed by atoms with Gasteiger partial charge in [0.25, 0.3) is 6.54 Å². The molecular weight excluding hydrogens is 320 g/mol. The monoisotopic (exact) mass is 332 g/mol. The minimum absolute atomic E-state index is 0.127. The Bertz CT molecular complexity index is 772. The van der Waals surface area contributed by atoms with Gasteiger partial charge in [-0.15, -0.1) is 0 Å². The number of amides is 1. The van der Waals surface area contributed by atoms with Crippen molar-refractivity contribution >= 4 is 29.0 Å². The van der Waals surface area contributed by atoms with Gasteiger partial charge in [-0.25, -0.2) is 0 Å². The van der Waals surface area contributed by atoms with Crippen molar-refractivity contribution in [2.45, 2.75) is 6.92 Å². The second kappa shape index (κ2) is 7.02. The summed E-state index contributed by atoms with van der Waals surface area (Å²) < 4.78 is 0. The van der Waals surface area contributed by atoms with Gasteiger partial charge >= 0.3 is 0 Å². The molecule has 0 aliphatic rings. The van der Waals surface area contributed by atoms with E-state index in [0.29, 0.717) is 5.69 Å². The van der Waals surface area contributed by atoms with Gasteiger partial charge in [-0.05, 0) is 35.4 Å². The number of nitrogens with one attached hydrogen (secondary N) is 1. The Hall–Kier alpha value is -2.73. The average Bonchev–Trinajstić information content (AvgIpc) is 2.46. The fourth-order valence-electron chi connectivity index (χ4n) is 2.07. The molecule has 0 saturated heterocycles. The first-order valence-electron chi connectivity index (χ1n) is 6.69. The Balaban J connectivity index is 2.24. The molecule has 0 heterocycles. The number of benzene rings is 2. The Morgan fingerprint density at radius 3 is 2.26 bits per heavy atom. The van der Waals surface area contributed by atoms with Gasteiger partial charge < -0.3 is 5.32 Å². The summed E-state index contributed by atoms with van der Waals surface area (Å²) in [4.78, 5) is 32.4. The number of carbonyl (C=O) groups is 2. The largest absolute Gasteiger partial charge is 0.326 e. The van der Waals surface area contributed by atoms with Crippen LogP contribution >= 0.6 is 11.6 Å². The predicted molar refractivity (Wildman–Crippen MR) is 87.4 cm³/mol. The molecule has 0 aliphatic heterocycles. The van der Waals surface area contributed by atoms with Crippen molar-refractivity contribution < 1.29 is 14.5 Å². The highest BCUT2D eigenvalue weighted by atomic mass is 35.5. The number of carbonyl (C=O) groups excluding carboxylic acids is 2. The molecule has 0 aromatic heterocycles. The highest BCUT2D eigenvalue weighted by Crippen LogP contribution is 2.27. The Kier molecular flexibility index (Phi) is 5.08. The summed E-state index contributed by atoms with van der Waals surface area (Å²) in [5.41, 5.74) is 2.41. The zero-order valence-corrected chi connectivity index (χ0v) is 13.0. The number of hydrogen-bond acceptors (Lipinski definition) is 4. The molecule has 0 radical (unpaired) electrons. The van der Waals surface area contributed by atoms with Crippen molar-refractivity contribution in [1.29, 1.82) is 0 Å². The van der Waals surface area contributed by atoms with Crippen LogP contribution < -0.4 is 5.32 Å². The van der Waals surface area contributed by atoms with E-state index in [1.165, 1.54) is 13.0 Å². The van der Waals surface area contributed by atoms with E-state index >= 15 is 0 Å². The summed E-state index contributed by atoms with van der Waals surface area (Å²) in [6, 6.07) is 11.8. The van der Waals surface area contributed by atoms with E-state index in [2.05, 4.69) is 5.32 Å². The maximum absolute atomic E-state index is 11.7. The summed E-state index contributed by atoms with van der Waals surface area (Å²) in [6.07, 6.45) is 0. The van der Waals surface area contributed by atoms with Crippen molar-refractivity contribution in [3.63, 3.8) is 0 Å². The minimum atomic E-state index is -0.787. The molecule has 2 rings (SSSR count). The quantitative estimate of drug-likeness (QED) is 0.516. The van der Waals surface area contributed by atoms with Crippen LogP contribution in [0.4, 0.5) is 5.69 Å². The smallest absolute Gasteiger partial charge is 0.265 e. The number of ketones is 1. The molecule has 118 valence electrons. The van der Waals surface area contributed by atoms with Gasteiger partial charge in [-0.1, -0.05) is 29.8 Å². The van der Waals surface area contributed by atoms with E-state index in [1.807, 2.05) is 0 Å². The predicted octanol–water partition coefficient (Wildman–Crippen LogP) is 3.42. The highest BCUT2D eigenvalue weighted by Gasteiger charge is 2.16. The Morgan fingerprint density at radius 2 is 1.74 bits per heavy atom. The summed E-state index contributed by atoms with van der Waals surface area (Å²) >= 11 is 6.06. The van der Waals surface area contributed by atoms with Crippen molar-refractivity contribution in [1.82, 2.24) is 0 Å². The molecule has 0 aliphatic carbocycles. The van der Waals surface area contributed by atoms with Crippen LogP contribution in [-0.2, 0) is 4.79 Å². The molecule has 0 bridgehead atoms. The molecule has 1 N–H and O–H groups in total. The number of nitro groups is 1. The van der Waals surface area contributed by atoms with Crippen molar-refractivity contribution in [3.05, 3.63) is 63.2 Å². The number of rotatable bonds is 5. The summed E-state index contributed by atoms with van der Waals surface area (Å²) in [7, 11) is 0. The first kappa shape index (κ1) is 16.6. The summed E-state index contributed by atoms with van der Waals surface area (Å²) in [5.74, 6) is -0.790. The maximum atomic E-state index is 11.7. The van der Waals surface area contributed by atoms with Crippen LogP contribution in [0.1, 0.15) is 17.3 Å². The fourth-order valence-corrected chi connectivity index (χ4v) is 2.36. The third-order valence-corrected chi connectivity index (χ3v) is 3.39. The molecule has 2 aromatic rings. The van der Waals surface area contributed by atoms with Gasteiger partial charge in [0.05, 0.1) is 5.02 Å². The van der Waals surface area contributed by atoms with Crippen molar-refractivity contribution in [2.24, 2.45) is 0 Å². The lowest BCUT2D eigenvalue weighted by Crippen LogP contribution is -2.14. The molecule has 0 spiro atoms. The van der Waals surface area contributed by atoms with Crippen LogP contribution in [0.2, 0.25) is 5.02 Å². The molecule has 6 nitrogen and oxygen atoms in total. The zero-order valence-electron chi connectivity index (χ0n) is 12.2.